The number of anilines is 1. The van der Waals surface area contributed by atoms with Gasteiger partial charge in [0, 0.05) is 17.1 Å². The van der Waals surface area contributed by atoms with E-state index in [0.717, 1.165) is 22.2 Å². The molecule has 3 aromatic rings. The molecule has 0 atom stereocenters. The summed E-state index contributed by atoms with van der Waals surface area (Å²) in [4.78, 5) is 7.35. The van der Waals surface area contributed by atoms with Crippen molar-refractivity contribution in [2.24, 2.45) is 0 Å². The van der Waals surface area contributed by atoms with Crippen molar-refractivity contribution in [1.82, 2.24) is 9.97 Å². The van der Waals surface area contributed by atoms with Crippen LogP contribution in [0.2, 0.25) is 0 Å². The first-order valence-corrected chi connectivity index (χ1v) is 5.12. The van der Waals surface area contributed by atoms with E-state index in [4.69, 9.17) is 5.73 Å². The number of benzene rings is 1. The minimum absolute atomic E-state index is 0.646. The molecular formula is C13H11N3. The van der Waals surface area contributed by atoms with Gasteiger partial charge >= 0.3 is 0 Å². The molecule has 0 spiro atoms. The first-order chi connectivity index (χ1) is 7.83. The lowest BCUT2D eigenvalue weighted by atomic mass is 10.1. The van der Waals surface area contributed by atoms with Gasteiger partial charge in [0.05, 0.1) is 0 Å². The van der Waals surface area contributed by atoms with E-state index in [1.165, 1.54) is 0 Å². The van der Waals surface area contributed by atoms with Gasteiger partial charge in [0.2, 0.25) is 0 Å². The molecule has 0 fully saturated rings. The summed E-state index contributed by atoms with van der Waals surface area (Å²) in [5.74, 6) is 0.646. The second kappa shape index (κ2) is 3.38. The summed E-state index contributed by atoms with van der Waals surface area (Å²) in [6.45, 7) is 0. The maximum atomic E-state index is 5.68. The van der Waals surface area contributed by atoms with E-state index < -0.39 is 0 Å². The maximum Gasteiger partial charge on any atom is 0.138 e. The summed E-state index contributed by atoms with van der Waals surface area (Å²) in [6, 6.07) is 14.2. The molecule has 3 nitrogen and oxygen atoms in total. The summed E-state index contributed by atoms with van der Waals surface area (Å²) >= 11 is 0. The number of nitrogens with one attached hydrogen (secondary N) is 1. The fraction of sp³-hybridized carbons (Fsp3) is 0. The Morgan fingerprint density at radius 3 is 2.62 bits per heavy atom. The topological polar surface area (TPSA) is 54.7 Å². The van der Waals surface area contributed by atoms with Crippen molar-refractivity contribution >= 4 is 16.9 Å². The number of nitrogens with two attached hydrogens (primary N) is 1. The zero-order valence-corrected chi connectivity index (χ0v) is 8.64. The molecule has 3 heteroatoms. The number of nitrogens with zero attached hydrogens (tertiary/aromatic N) is 1. The largest absolute Gasteiger partial charge is 0.385 e. The van der Waals surface area contributed by atoms with Gasteiger partial charge in [-0.3, -0.25) is 0 Å². The zero-order chi connectivity index (χ0) is 11.0. The molecule has 2 aromatic heterocycles. The van der Waals surface area contributed by atoms with Gasteiger partial charge in [-0.15, -0.1) is 0 Å². The minimum atomic E-state index is 0.646. The second-order valence-corrected chi connectivity index (χ2v) is 3.75. The van der Waals surface area contributed by atoms with Crippen molar-refractivity contribution < 1.29 is 0 Å². The van der Waals surface area contributed by atoms with E-state index >= 15 is 0 Å². The number of fused-ring (bicyclic) bond motifs is 1. The number of H-pyrrole nitrogens is 1. The maximum absolute atomic E-state index is 5.68. The molecule has 78 valence electrons. The standard InChI is InChI=1S/C13H11N3/c14-12-7-10-6-11(8-15-13(10)16-12)9-4-2-1-3-5-9/h1-8H,14H2,(H,15,16). The molecule has 0 bridgehead atoms. The van der Waals surface area contributed by atoms with Crippen LogP contribution < -0.4 is 5.73 Å². The van der Waals surface area contributed by atoms with E-state index in [2.05, 4.69) is 28.2 Å². The first kappa shape index (κ1) is 8.97. The normalized spacial score (nSPS) is 10.8. The first-order valence-electron chi connectivity index (χ1n) is 5.12. The Labute approximate surface area is 92.9 Å². The smallest absolute Gasteiger partial charge is 0.138 e. The van der Waals surface area contributed by atoms with Crippen LogP contribution in [0, 0.1) is 0 Å². The summed E-state index contributed by atoms with van der Waals surface area (Å²) in [6.07, 6.45) is 1.85. The van der Waals surface area contributed by atoms with Crippen molar-refractivity contribution in [1.29, 1.82) is 0 Å². The Morgan fingerprint density at radius 2 is 1.81 bits per heavy atom. The highest BCUT2D eigenvalue weighted by atomic mass is 14.9. The highest BCUT2D eigenvalue weighted by Gasteiger charge is 2.02. The van der Waals surface area contributed by atoms with Crippen LogP contribution in [0.5, 0.6) is 0 Å². The van der Waals surface area contributed by atoms with E-state index in [0.29, 0.717) is 5.82 Å². The predicted molar refractivity (Wildman–Crippen MR) is 65.9 cm³/mol. The van der Waals surface area contributed by atoms with Crippen molar-refractivity contribution in [3.8, 4) is 11.1 Å². The summed E-state index contributed by atoms with van der Waals surface area (Å²) in [5.41, 5.74) is 8.78. The van der Waals surface area contributed by atoms with E-state index in [-0.39, 0.29) is 0 Å². The minimum Gasteiger partial charge on any atom is -0.385 e. The highest BCUT2D eigenvalue weighted by molar-refractivity contribution is 5.84. The van der Waals surface area contributed by atoms with Gasteiger partial charge in [0.1, 0.15) is 11.5 Å². The predicted octanol–water partition coefficient (Wildman–Crippen LogP) is 2.81. The molecule has 2 heterocycles. The molecule has 3 N–H and O–H groups in total. The van der Waals surface area contributed by atoms with Gasteiger partial charge in [0.15, 0.2) is 0 Å². The van der Waals surface area contributed by atoms with Gasteiger partial charge < -0.3 is 10.7 Å². The third-order valence-electron chi connectivity index (χ3n) is 2.60. The number of aromatic nitrogens is 2. The summed E-state index contributed by atoms with van der Waals surface area (Å²) < 4.78 is 0. The Balaban J connectivity index is 2.18. The molecule has 0 aliphatic rings. The fourth-order valence-electron chi connectivity index (χ4n) is 1.83. The Bertz CT molecular complexity index is 626. The van der Waals surface area contributed by atoms with Gasteiger partial charge in [-0.2, -0.15) is 0 Å². The third kappa shape index (κ3) is 1.42. The van der Waals surface area contributed by atoms with E-state index in [9.17, 15) is 0 Å². The van der Waals surface area contributed by atoms with Crippen molar-refractivity contribution in [3.63, 3.8) is 0 Å². The molecular weight excluding hydrogens is 198 g/mol. The van der Waals surface area contributed by atoms with Crippen LogP contribution in [0.25, 0.3) is 22.2 Å². The van der Waals surface area contributed by atoms with Crippen molar-refractivity contribution in [2.75, 3.05) is 5.73 Å². The molecule has 3 rings (SSSR count). The molecule has 0 aliphatic heterocycles. The van der Waals surface area contributed by atoms with Gasteiger partial charge in [-0.1, -0.05) is 30.3 Å². The molecule has 0 aliphatic carbocycles. The van der Waals surface area contributed by atoms with Crippen LogP contribution in [-0.4, -0.2) is 9.97 Å². The fourth-order valence-corrected chi connectivity index (χ4v) is 1.83. The van der Waals surface area contributed by atoms with Crippen molar-refractivity contribution in [3.05, 3.63) is 48.7 Å². The molecule has 0 amide bonds. The van der Waals surface area contributed by atoms with Gasteiger partial charge in [-0.25, -0.2) is 4.98 Å². The van der Waals surface area contributed by atoms with Crippen LogP contribution in [0.3, 0.4) is 0 Å². The van der Waals surface area contributed by atoms with Crippen LogP contribution in [0.4, 0.5) is 5.82 Å². The zero-order valence-electron chi connectivity index (χ0n) is 8.64. The number of hydrogen-bond acceptors (Lipinski definition) is 2. The van der Waals surface area contributed by atoms with Gasteiger partial charge in [0.25, 0.3) is 0 Å². The SMILES string of the molecule is Nc1cc2cc(-c3ccccc3)cnc2[nH]1. The summed E-state index contributed by atoms with van der Waals surface area (Å²) in [7, 11) is 0. The Morgan fingerprint density at radius 1 is 1.00 bits per heavy atom. The van der Waals surface area contributed by atoms with Gasteiger partial charge in [-0.05, 0) is 17.7 Å². The lowest BCUT2D eigenvalue weighted by Crippen LogP contribution is -1.82. The third-order valence-corrected chi connectivity index (χ3v) is 2.60. The number of rotatable bonds is 1. The van der Waals surface area contributed by atoms with Crippen LogP contribution in [0.15, 0.2) is 48.7 Å². The van der Waals surface area contributed by atoms with E-state index in [1.54, 1.807) is 0 Å². The Kier molecular flexibility index (Phi) is 1.90. The molecule has 0 unspecified atom stereocenters. The Hall–Kier alpha value is -2.29. The lowest BCUT2D eigenvalue weighted by Gasteiger charge is -2.00. The number of pyridine rings is 1. The monoisotopic (exact) mass is 209 g/mol. The molecule has 16 heavy (non-hydrogen) atoms. The molecule has 0 saturated carbocycles. The average Bonchev–Trinajstić information content (AvgIpc) is 2.69. The average molecular weight is 209 g/mol. The number of hydrogen-bond donors (Lipinski definition) is 2. The van der Waals surface area contributed by atoms with Crippen LogP contribution >= 0.6 is 0 Å². The molecule has 0 saturated heterocycles. The molecule has 1 aromatic carbocycles. The second-order valence-electron chi connectivity index (χ2n) is 3.75. The quantitative estimate of drug-likeness (QED) is 0.647. The lowest BCUT2D eigenvalue weighted by molar-refractivity contribution is 1.33. The van der Waals surface area contributed by atoms with Crippen molar-refractivity contribution in [2.45, 2.75) is 0 Å². The van der Waals surface area contributed by atoms with E-state index in [1.807, 2.05) is 30.5 Å². The molecule has 0 radical (unpaired) electrons. The number of nitrogen functional groups attached to an aromatic ring is 1. The highest BCUT2D eigenvalue weighted by Crippen LogP contribution is 2.23. The summed E-state index contributed by atoms with van der Waals surface area (Å²) in [5, 5.41) is 1.04. The number of aromatic amines is 1. The van der Waals surface area contributed by atoms with Crippen LogP contribution in [0.1, 0.15) is 0 Å². The van der Waals surface area contributed by atoms with Crippen LogP contribution in [-0.2, 0) is 0 Å².